The summed E-state index contributed by atoms with van der Waals surface area (Å²) in [6, 6.07) is 20.7. The van der Waals surface area contributed by atoms with Gasteiger partial charge in [0.05, 0.1) is 4.90 Å². The van der Waals surface area contributed by atoms with Gasteiger partial charge in [-0.15, -0.1) is 0 Å². The van der Waals surface area contributed by atoms with Crippen LogP contribution in [0.5, 0.6) is 5.75 Å². The van der Waals surface area contributed by atoms with Gasteiger partial charge in [0.2, 0.25) is 0 Å². The van der Waals surface area contributed by atoms with Crippen molar-refractivity contribution in [2.24, 2.45) is 0 Å². The number of nitrogens with one attached hydrogen (secondary N) is 2. The van der Waals surface area contributed by atoms with Crippen molar-refractivity contribution in [1.82, 2.24) is 0 Å². The molecule has 0 spiro atoms. The minimum atomic E-state index is -3.72. The van der Waals surface area contributed by atoms with Crippen LogP contribution in [0, 0.1) is 6.92 Å². The summed E-state index contributed by atoms with van der Waals surface area (Å²) in [5.41, 5.74) is 3.04. The highest BCUT2D eigenvalue weighted by Crippen LogP contribution is 2.21. The van der Waals surface area contributed by atoms with E-state index in [0.29, 0.717) is 17.1 Å². The number of rotatable bonds is 8. The Morgan fingerprint density at radius 2 is 1.55 bits per heavy atom. The molecule has 0 aromatic heterocycles. The molecule has 0 aliphatic rings. The quantitative estimate of drug-likeness (QED) is 0.531. The molecular formula is C24H26N2O4S. The smallest absolute Gasteiger partial charge is 0.265 e. The van der Waals surface area contributed by atoms with Crippen LogP contribution in [0.25, 0.3) is 0 Å². The molecule has 0 saturated heterocycles. The van der Waals surface area contributed by atoms with Crippen molar-refractivity contribution >= 4 is 27.3 Å². The van der Waals surface area contributed by atoms with Gasteiger partial charge >= 0.3 is 0 Å². The molecule has 162 valence electrons. The van der Waals surface area contributed by atoms with Crippen LogP contribution in [0.1, 0.15) is 25.0 Å². The number of sulfonamides is 1. The van der Waals surface area contributed by atoms with Gasteiger partial charge in [0, 0.05) is 11.4 Å². The van der Waals surface area contributed by atoms with Crippen LogP contribution in [0.2, 0.25) is 0 Å². The molecule has 0 radical (unpaired) electrons. The number of anilines is 2. The van der Waals surface area contributed by atoms with Crippen molar-refractivity contribution in [2.45, 2.75) is 38.2 Å². The van der Waals surface area contributed by atoms with Crippen molar-refractivity contribution in [2.75, 3.05) is 10.0 Å². The van der Waals surface area contributed by atoms with Gasteiger partial charge in [-0.3, -0.25) is 9.52 Å². The van der Waals surface area contributed by atoms with Gasteiger partial charge in [-0.25, -0.2) is 8.42 Å². The summed E-state index contributed by atoms with van der Waals surface area (Å²) in [4.78, 5) is 12.6. The largest absolute Gasteiger partial charge is 0.481 e. The normalized spacial score (nSPS) is 12.1. The third-order valence-corrected chi connectivity index (χ3v) is 6.16. The molecule has 3 rings (SSSR count). The first-order valence-electron chi connectivity index (χ1n) is 10.0. The number of ether oxygens (including phenoxy) is 1. The molecule has 3 aromatic rings. The number of aryl methyl sites for hydroxylation is 2. The Hall–Kier alpha value is -3.32. The Morgan fingerprint density at radius 1 is 0.935 bits per heavy atom. The van der Waals surface area contributed by atoms with Gasteiger partial charge < -0.3 is 10.1 Å². The highest BCUT2D eigenvalue weighted by Gasteiger charge is 2.18. The fourth-order valence-electron chi connectivity index (χ4n) is 2.95. The Labute approximate surface area is 183 Å². The van der Waals surface area contributed by atoms with Crippen molar-refractivity contribution in [1.29, 1.82) is 0 Å². The van der Waals surface area contributed by atoms with Crippen molar-refractivity contribution < 1.29 is 17.9 Å². The number of carbonyl (C=O) groups is 1. The van der Waals surface area contributed by atoms with E-state index in [4.69, 9.17) is 4.74 Å². The van der Waals surface area contributed by atoms with E-state index in [1.807, 2.05) is 50.2 Å². The van der Waals surface area contributed by atoms with Crippen LogP contribution in [0.15, 0.2) is 77.7 Å². The number of hydrogen-bond acceptors (Lipinski definition) is 4. The average Bonchev–Trinajstić information content (AvgIpc) is 2.76. The average molecular weight is 439 g/mol. The minimum Gasteiger partial charge on any atom is -0.481 e. The summed E-state index contributed by atoms with van der Waals surface area (Å²) >= 11 is 0. The Balaban J connectivity index is 1.64. The third-order valence-electron chi connectivity index (χ3n) is 4.76. The second-order valence-electron chi connectivity index (χ2n) is 7.21. The molecule has 1 atom stereocenters. The highest BCUT2D eigenvalue weighted by atomic mass is 32.2. The maximum atomic E-state index is 12.6. The van der Waals surface area contributed by atoms with E-state index < -0.39 is 16.1 Å². The van der Waals surface area contributed by atoms with E-state index in [0.717, 1.165) is 17.5 Å². The van der Waals surface area contributed by atoms with E-state index in [1.165, 1.54) is 12.1 Å². The first kappa shape index (κ1) is 22.4. The molecule has 0 heterocycles. The highest BCUT2D eigenvalue weighted by molar-refractivity contribution is 7.92. The molecule has 0 fully saturated rings. The van der Waals surface area contributed by atoms with Gasteiger partial charge in [-0.05, 0) is 68.3 Å². The molecule has 2 N–H and O–H groups in total. The molecule has 0 saturated carbocycles. The number of carbonyl (C=O) groups excluding carboxylic acids is 1. The lowest BCUT2D eigenvalue weighted by Crippen LogP contribution is -2.30. The molecule has 0 aliphatic carbocycles. The van der Waals surface area contributed by atoms with Gasteiger partial charge in [0.15, 0.2) is 6.10 Å². The Kier molecular flexibility index (Phi) is 6.97. The first-order chi connectivity index (χ1) is 14.8. The fraction of sp³-hybridized carbons (Fsp3) is 0.208. The zero-order chi connectivity index (χ0) is 22.4. The van der Waals surface area contributed by atoms with Gasteiger partial charge in [-0.2, -0.15) is 0 Å². The molecule has 7 heteroatoms. The molecule has 6 nitrogen and oxygen atoms in total. The molecule has 3 aromatic carbocycles. The molecule has 0 aliphatic heterocycles. The van der Waals surface area contributed by atoms with E-state index in [-0.39, 0.29) is 10.8 Å². The van der Waals surface area contributed by atoms with Crippen molar-refractivity contribution in [3.05, 3.63) is 83.9 Å². The van der Waals surface area contributed by atoms with E-state index in [1.54, 1.807) is 31.2 Å². The van der Waals surface area contributed by atoms with Crippen LogP contribution >= 0.6 is 0 Å². The number of para-hydroxylation sites is 1. The summed E-state index contributed by atoms with van der Waals surface area (Å²) in [6.07, 6.45) is 0.0937. The molecule has 31 heavy (non-hydrogen) atoms. The minimum absolute atomic E-state index is 0.104. The van der Waals surface area contributed by atoms with Crippen LogP contribution < -0.4 is 14.8 Å². The zero-order valence-corrected chi connectivity index (χ0v) is 18.6. The standard InChI is InChI=1S/C24H26N2O4S/c1-4-19-7-5-6-8-23(19)30-18(3)24(27)25-20-13-15-22(16-14-20)31(28,29)26-21-11-9-17(2)10-12-21/h5-16,18,26H,4H2,1-3H3,(H,25,27). The van der Waals surface area contributed by atoms with Gasteiger partial charge in [0.25, 0.3) is 15.9 Å². The Bertz CT molecular complexity index is 1140. The molecule has 1 amide bonds. The lowest BCUT2D eigenvalue weighted by atomic mass is 10.1. The van der Waals surface area contributed by atoms with E-state index in [2.05, 4.69) is 10.0 Å². The van der Waals surface area contributed by atoms with Gasteiger partial charge in [-0.1, -0.05) is 42.8 Å². The van der Waals surface area contributed by atoms with E-state index in [9.17, 15) is 13.2 Å². The zero-order valence-electron chi connectivity index (χ0n) is 17.8. The maximum Gasteiger partial charge on any atom is 0.265 e. The SMILES string of the molecule is CCc1ccccc1OC(C)C(=O)Nc1ccc(S(=O)(=O)Nc2ccc(C)cc2)cc1. The van der Waals surface area contributed by atoms with E-state index >= 15 is 0 Å². The second kappa shape index (κ2) is 9.66. The van der Waals surface area contributed by atoms with Crippen LogP contribution in [-0.2, 0) is 21.2 Å². The third kappa shape index (κ3) is 5.86. The summed E-state index contributed by atoms with van der Waals surface area (Å²) in [6.45, 7) is 5.63. The summed E-state index contributed by atoms with van der Waals surface area (Å²) in [5.74, 6) is 0.357. The number of amides is 1. The molecule has 0 bridgehead atoms. The van der Waals surface area contributed by atoms with Crippen molar-refractivity contribution in [3.8, 4) is 5.75 Å². The van der Waals surface area contributed by atoms with Crippen LogP contribution in [-0.4, -0.2) is 20.4 Å². The predicted molar refractivity (Wildman–Crippen MR) is 123 cm³/mol. The monoisotopic (exact) mass is 438 g/mol. The first-order valence-corrected chi connectivity index (χ1v) is 11.5. The molecule has 1 unspecified atom stereocenters. The van der Waals surface area contributed by atoms with Gasteiger partial charge in [0.1, 0.15) is 5.75 Å². The summed E-state index contributed by atoms with van der Waals surface area (Å²) in [7, 11) is -3.72. The lowest BCUT2D eigenvalue weighted by molar-refractivity contribution is -0.122. The predicted octanol–water partition coefficient (Wildman–Crippen LogP) is 4.76. The fourth-order valence-corrected chi connectivity index (χ4v) is 4.01. The topological polar surface area (TPSA) is 84.5 Å². The maximum absolute atomic E-state index is 12.6. The van der Waals surface area contributed by atoms with Crippen LogP contribution in [0.3, 0.4) is 0 Å². The number of hydrogen-bond donors (Lipinski definition) is 2. The molecular weight excluding hydrogens is 412 g/mol. The van der Waals surface area contributed by atoms with Crippen molar-refractivity contribution in [3.63, 3.8) is 0 Å². The summed E-state index contributed by atoms with van der Waals surface area (Å²) < 4.78 is 33.5. The second-order valence-corrected chi connectivity index (χ2v) is 8.89. The number of benzene rings is 3. The van der Waals surface area contributed by atoms with Crippen LogP contribution in [0.4, 0.5) is 11.4 Å². The Morgan fingerprint density at radius 3 is 2.19 bits per heavy atom. The summed E-state index contributed by atoms with van der Waals surface area (Å²) in [5, 5.41) is 2.75. The lowest BCUT2D eigenvalue weighted by Gasteiger charge is -2.17.